The summed E-state index contributed by atoms with van der Waals surface area (Å²) in [4.78, 5) is 23.9. The van der Waals surface area contributed by atoms with Gasteiger partial charge >= 0.3 is 5.97 Å². The van der Waals surface area contributed by atoms with Gasteiger partial charge in [0.15, 0.2) is 18.1 Å². The Morgan fingerprint density at radius 3 is 2.41 bits per heavy atom. The summed E-state index contributed by atoms with van der Waals surface area (Å²) in [5, 5.41) is 3.13. The van der Waals surface area contributed by atoms with Crippen molar-refractivity contribution < 1.29 is 23.8 Å². The van der Waals surface area contributed by atoms with E-state index in [1.54, 1.807) is 6.07 Å². The van der Waals surface area contributed by atoms with Crippen molar-refractivity contribution in [3.63, 3.8) is 0 Å². The first-order valence-electron chi connectivity index (χ1n) is 9.47. The number of carbonyl (C=O) groups is 2. The summed E-state index contributed by atoms with van der Waals surface area (Å²) >= 11 is 6.16. The molecule has 6 nitrogen and oxygen atoms in total. The molecule has 0 aliphatic heterocycles. The van der Waals surface area contributed by atoms with E-state index in [9.17, 15) is 9.59 Å². The maximum Gasteiger partial charge on any atom is 0.306 e. The van der Waals surface area contributed by atoms with Gasteiger partial charge in [-0.25, -0.2) is 0 Å². The zero-order valence-electron chi connectivity index (χ0n) is 16.9. The van der Waals surface area contributed by atoms with E-state index in [2.05, 4.69) is 5.32 Å². The summed E-state index contributed by atoms with van der Waals surface area (Å²) in [7, 11) is 0. The quantitative estimate of drug-likeness (QED) is 0.446. The number of carbonyl (C=O) groups excluding carboxylic acids is 2. The van der Waals surface area contributed by atoms with Crippen molar-refractivity contribution in [2.45, 2.75) is 33.6 Å². The molecule has 0 unspecified atom stereocenters. The monoisotopic (exact) mass is 419 g/mol. The largest absolute Gasteiger partial charge is 0.490 e. The molecule has 0 saturated carbocycles. The highest BCUT2D eigenvalue weighted by Gasteiger charge is 2.12. The molecule has 2 rings (SSSR count). The molecule has 0 atom stereocenters. The van der Waals surface area contributed by atoms with Crippen LogP contribution in [0.5, 0.6) is 11.5 Å². The Hall–Kier alpha value is -2.73. The van der Waals surface area contributed by atoms with Gasteiger partial charge < -0.3 is 19.5 Å². The highest BCUT2D eigenvalue weighted by Crippen LogP contribution is 2.27. The van der Waals surface area contributed by atoms with Crippen LogP contribution >= 0.6 is 11.6 Å². The van der Waals surface area contributed by atoms with Crippen LogP contribution < -0.4 is 14.8 Å². The number of aryl methyl sites for hydroxylation is 2. The minimum Gasteiger partial charge on any atom is -0.490 e. The van der Waals surface area contributed by atoms with E-state index in [1.807, 2.05) is 51.1 Å². The van der Waals surface area contributed by atoms with E-state index in [4.69, 9.17) is 25.8 Å². The SMILES string of the molecule is CCOc1ccccc1OCCCC(=O)OCC(=O)Nc1c(C)cc(C)cc1Cl. The van der Waals surface area contributed by atoms with Gasteiger partial charge in [-0.2, -0.15) is 0 Å². The van der Waals surface area contributed by atoms with Crippen LogP contribution in [0, 0.1) is 13.8 Å². The molecule has 1 amide bonds. The maximum absolute atomic E-state index is 12.0. The number of anilines is 1. The summed E-state index contributed by atoms with van der Waals surface area (Å²) in [5.41, 5.74) is 2.38. The first kappa shape index (κ1) is 22.6. The predicted octanol–water partition coefficient (Wildman–Crippen LogP) is 4.70. The average molecular weight is 420 g/mol. The van der Waals surface area contributed by atoms with E-state index in [0.29, 0.717) is 41.8 Å². The number of halogens is 1. The summed E-state index contributed by atoms with van der Waals surface area (Å²) in [6.07, 6.45) is 0.609. The summed E-state index contributed by atoms with van der Waals surface area (Å²) in [6, 6.07) is 11.0. The molecule has 0 fully saturated rings. The molecule has 29 heavy (non-hydrogen) atoms. The van der Waals surface area contributed by atoms with Crippen LogP contribution in [0.25, 0.3) is 0 Å². The molecule has 2 aromatic carbocycles. The highest BCUT2D eigenvalue weighted by molar-refractivity contribution is 6.34. The summed E-state index contributed by atoms with van der Waals surface area (Å²) in [6.45, 7) is 6.19. The van der Waals surface area contributed by atoms with Crippen LogP contribution in [-0.2, 0) is 14.3 Å². The first-order chi connectivity index (χ1) is 13.9. The third kappa shape index (κ3) is 7.31. The van der Waals surface area contributed by atoms with Gasteiger partial charge in [-0.1, -0.05) is 29.8 Å². The second-order valence-electron chi connectivity index (χ2n) is 6.48. The summed E-state index contributed by atoms with van der Waals surface area (Å²) in [5.74, 6) is 0.398. The van der Waals surface area contributed by atoms with Gasteiger partial charge in [-0.3, -0.25) is 9.59 Å². The number of hydrogen-bond donors (Lipinski definition) is 1. The molecular weight excluding hydrogens is 394 g/mol. The number of para-hydroxylation sites is 2. The van der Waals surface area contributed by atoms with Gasteiger partial charge in [0.2, 0.25) is 0 Å². The van der Waals surface area contributed by atoms with Crippen LogP contribution in [0.2, 0.25) is 5.02 Å². The lowest BCUT2D eigenvalue weighted by atomic mass is 10.1. The lowest BCUT2D eigenvalue weighted by Gasteiger charge is -2.12. The summed E-state index contributed by atoms with van der Waals surface area (Å²) < 4.78 is 16.2. The van der Waals surface area contributed by atoms with E-state index in [0.717, 1.165) is 11.1 Å². The number of hydrogen-bond acceptors (Lipinski definition) is 5. The molecule has 0 radical (unpaired) electrons. The fourth-order valence-corrected chi connectivity index (χ4v) is 3.08. The van der Waals surface area contributed by atoms with Crippen LogP contribution in [-0.4, -0.2) is 31.7 Å². The minimum atomic E-state index is -0.464. The predicted molar refractivity (Wildman–Crippen MR) is 113 cm³/mol. The number of amides is 1. The van der Waals surface area contributed by atoms with E-state index in [-0.39, 0.29) is 13.0 Å². The van der Waals surface area contributed by atoms with Crippen LogP contribution in [0.1, 0.15) is 30.9 Å². The molecule has 0 aromatic heterocycles. The van der Waals surface area contributed by atoms with Crippen LogP contribution in [0.4, 0.5) is 5.69 Å². The Labute approximate surface area is 176 Å². The van der Waals surface area contributed by atoms with Gasteiger partial charge in [0.1, 0.15) is 0 Å². The van der Waals surface area contributed by atoms with Crippen molar-refractivity contribution in [2.24, 2.45) is 0 Å². The smallest absolute Gasteiger partial charge is 0.306 e. The van der Waals surface area contributed by atoms with Crippen LogP contribution in [0.15, 0.2) is 36.4 Å². The maximum atomic E-state index is 12.0. The van der Waals surface area contributed by atoms with Crippen molar-refractivity contribution in [3.05, 3.63) is 52.5 Å². The number of rotatable bonds is 10. The van der Waals surface area contributed by atoms with Gasteiger partial charge in [-0.15, -0.1) is 0 Å². The lowest BCUT2D eigenvalue weighted by molar-refractivity contribution is -0.147. The Kier molecular flexibility index (Phi) is 8.80. The standard InChI is InChI=1S/C22H26ClNO5/c1-4-27-18-8-5-6-9-19(18)28-11-7-10-21(26)29-14-20(25)24-22-16(3)12-15(2)13-17(22)23/h5-6,8-9,12-13H,4,7,10-11,14H2,1-3H3,(H,24,25). The first-order valence-corrected chi connectivity index (χ1v) is 9.85. The molecule has 0 aliphatic rings. The van der Waals surface area contributed by atoms with Crippen molar-refractivity contribution in [2.75, 3.05) is 25.1 Å². The normalized spacial score (nSPS) is 10.3. The molecule has 1 N–H and O–H groups in total. The number of ether oxygens (including phenoxy) is 3. The molecular formula is C22H26ClNO5. The Morgan fingerprint density at radius 1 is 1.07 bits per heavy atom. The molecule has 156 valence electrons. The number of benzene rings is 2. The Bertz CT molecular complexity index is 830. The molecule has 0 spiro atoms. The zero-order chi connectivity index (χ0) is 21.2. The van der Waals surface area contributed by atoms with Crippen molar-refractivity contribution >= 4 is 29.2 Å². The molecule has 7 heteroatoms. The number of esters is 1. The lowest BCUT2D eigenvalue weighted by Crippen LogP contribution is -2.21. The van der Waals surface area contributed by atoms with Crippen molar-refractivity contribution in [1.29, 1.82) is 0 Å². The van der Waals surface area contributed by atoms with Crippen molar-refractivity contribution in [1.82, 2.24) is 0 Å². The Morgan fingerprint density at radius 2 is 1.76 bits per heavy atom. The third-order valence-electron chi connectivity index (χ3n) is 3.99. The fraction of sp³-hybridized carbons (Fsp3) is 0.364. The molecule has 0 saturated heterocycles. The molecule has 0 heterocycles. The Balaban J connectivity index is 1.70. The molecule has 2 aromatic rings. The topological polar surface area (TPSA) is 73.9 Å². The van der Waals surface area contributed by atoms with Crippen LogP contribution in [0.3, 0.4) is 0 Å². The highest BCUT2D eigenvalue weighted by atomic mass is 35.5. The second kappa shape index (κ2) is 11.3. The number of nitrogens with one attached hydrogen (secondary N) is 1. The van der Waals surface area contributed by atoms with Gasteiger partial charge in [0, 0.05) is 6.42 Å². The van der Waals surface area contributed by atoms with Gasteiger partial charge in [0.05, 0.1) is 23.9 Å². The fourth-order valence-electron chi connectivity index (χ4n) is 2.71. The second-order valence-corrected chi connectivity index (χ2v) is 6.89. The van der Waals surface area contributed by atoms with E-state index >= 15 is 0 Å². The average Bonchev–Trinajstić information content (AvgIpc) is 2.68. The van der Waals surface area contributed by atoms with Crippen molar-refractivity contribution in [3.8, 4) is 11.5 Å². The third-order valence-corrected chi connectivity index (χ3v) is 4.29. The molecule has 0 bridgehead atoms. The molecule has 0 aliphatic carbocycles. The van der Waals surface area contributed by atoms with Gasteiger partial charge in [-0.05, 0) is 56.5 Å². The van der Waals surface area contributed by atoms with E-state index < -0.39 is 11.9 Å². The van der Waals surface area contributed by atoms with E-state index in [1.165, 1.54) is 0 Å². The zero-order valence-corrected chi connectivity index (χ0v) is 17.7. The van der Waals surface area contributed by atoms with Gasteiger partial charge in [0.25, 0.3) is 5.91 Å². The minimum absolute atomic E-state index is 0.147.